The van der Waals surface area contributed by atoms with Crippen molar-refractivity contribution in [3.63, 3.8) is 0 Å². The van der Waals surface area contributed by atoms with Crippen LogP contribution in [0.4, 0.5) is 10.1 Å². The van der Waals surface area contributed by atoms with Gasteiger partial charge in [0, 0.05) is 11.0 Å². The highest BCUT2D eigenvalue weighted by molar-refractivity contribution is 9.10. The minimum absolute atomic E-state index is 0.131. The minimum atomic E-state index is -0.218. The monoisotopic (exact) mass is 301 g/mol. The third-order valence-corrected chi connectivity index (χ3v) is 3.82. The zero-order valence-corrected chi connectivity index (χ0v) is 11.2. The Bertz CT molecular complexity index is 378. The summed E-state index contributed by atoms with van der Waals surface area (Å²) in [6.07, 6.45) is 3.64. The average molecular weight is 302 g/mol. The SMILES string of the molecule is OC1CCC(CNc2cc(Br)ccc2F)CC1. The van der Waals surface area contributed by atoms with Gasteiger partial charge in [-0.05, 0) is 49.8 Å². The normalized spacial score (nSPS) is 24.6. The highest BCUT2D eigenvalue weighted by Crippen LogP contribution is 2.26. The van der Waals surface area contributed by atoms with Crippen molar-refractivity contribution in [2.45, 2.75) is 31.8 Å². The number of anilines is 1. The maximum Gasteiger partial charge on any atom is 0.146 e. The highest BCUT2D eigenvalue weighted by atomic mass is 79.9. The third-order valence-electron chi connectivity index (χ3n) is 3.33. The molecule has 1 saturated carbocycles. The van der Waals surface area contributed by atoms with Crippen LogP contribution < -0.4 is 5.32 Å². The Morgan fingerprint density at radius 3 is 2.71 bits per heavy atom. The lowest BCUT2D eigenvalue weighted by atomic mass is 9.87. The summed E-state index contributed by atoms with van der Waals surface area (Å²) in [7, 11) is 0. The van der Waals surface area contributed by atoms with Gasteiger partial charge in [0.25, 0.3) is 0 Å². The van der Waals surface area contributed by atoms with Crippen LogP contribution in [0.25, 0.3) is 0 Å². The van der Waals surface area contributed by atoms with Crippen LogP contribution in [-0.2, 0) is 0 Å². The largest absolute Gasteiger partial charge is 0.393 e. The summed E-state index contributed by atoms with van der Waals surface area (Å²) in [5.74, 6) is 0.320. The van der Waals surface area contributed by atoms with Gasteiger partial charge in [-0.1, -0.05) is 15.9 Å². The van der Waals surface area contributed by atoms with Gasteiger partial charge in [-0.3, -0.25) is 0 Å². The van der Waals surface area contributed by atoms with E-state index in [1.54, 1.807) is 12.1 Å². The first-order chi connectivity index (χ1) is 8.15. The van der Waals surface area contributed by atoms with Crippen molar-refractivity contribution < 1.29 is 9.50 Å². The van der Waals surface area contributed by atoms with Crippen molar-refractivity contribution in [3.8, 4) is 0 Å². The number of hydrogen-bond acceptors (Lipinski definition) is 2. The molecular formula is C13H17BrFNO. The third kappa shape index (κ3) is 3.68. The molecule has 0 spiro atoms. The van der Waals surface area contributed by atoms with Crippen LogP contribution in [0.2, 0.25) is 0 Å². The van der Waals surface area contributed by atoms with Crippen molar-refractivity contribution in [2.24, 2.45) is 5.92 Å². The zero-order valence-electron chi connectivity index (χ0n) is 9.63. The Hall–Kier alpha value is -0.610. The van der Waals surface area contributed by atoms with Gasteiger partial charge in [-0.2, -0.15) is 0 Å². The van der Waals surface area contributed by atoms with Gasteiger partial charge in [0.15, 0.2) is 0 Å². The van der Waals surface area contributed by atoms with Crippen LogP contribution in [0.15, 0.2) is 22.7 Å². The van der Waals surface area contributed by atoms with Crippen LogP contribution in [0.1, 0.15) is 25.7 Å². The molecular weight excluding hydrogens is 285 g/mol. The Labute approximate surface area is 109 Å². The highest BCUT2D eigenvalue weighted by Gasteiger charge is 2.19. The van der Waals surface area contributed by atoms with E-state index in [-0.39, 0.29) is 11.9 Å². The molecule has 0 unspecified atom stereocenters. The minimum Gasteiger partial charge on any atom is -0.393 e. The number of rotatable bonds is 3. The fraction of sp³-hybridized carbons (Fsp3) is 0.538. The van der Waals surface area contributed by atoms with Crippen molar-refractivity contribution in [1.29, 1.82) is 0 Å². The molecule has 17 heavy (non-hydrogen) atoms. The number of aliphatic hydroxyl groups excluding tert-OH is 1. The van der Waals surface area contributed by atoms with E-state index in [9.17, 15) is 9.50 Å². The van der Waals surface area contributed by atoms with E-state index in [1.807, 2.05) is 0 Å². The summed E-state index contributed by atoms with van der Waals surface area (Å²) in [6, 6.07) is 4.90. The van der Waals surface area contributed by atoms with Crippen LogP contribution in [0, 0.1) is 11.7 Å². The molecule has 2 rings (SSSR count). The molecule has 2 N–H and O–H groups in total. The first kappa shape index (κ1) is 12.8. The number of benzene rings is 1. The molecule has 1 fully saturated rings. The molecule has 0 radical (unpaired) electrons. The number of hydrogen-bond donors (Lipinski definition) is 2. The molecule has 0 saturated heterocycles. The quantitative estimate of drug-likeness (QED) is 0.895. The predicted molar refractivity (Wildman–Crippen MR) is 70.6 cm³/mol. The van der Waals surface area contributed by atoms with Crippen molar-refractivity contribution in [1.82, 2.24) is 0 Å². The summed E-state index contributed by atoms with van der Waals surface area (Å²) in [5.41, 5.74) is 0.547. The number of nitrogens with one attached hydrogen (secondary N) is 1. The van der Waals surface area contributed by atoms with Crippen molar-refractivity contribution >= 4 is 21.6 Å². The molecule has 1 aliphatic rings. The van der Waals surface area contributed by atoms with Gasteiger partial charge >= 0.3 is 0 Å². The lowest BCUT2D eigenvalue weighted by molar-refractivity contribution is 0.111. The maximum absolute atomic E-state index is 13.5. The Balaban J connectivity index is 1.87. The molecule has 0 heterocycles. The summed E-state index contributed by atoms with van der Waals surface area (Å²) >= 11 is 3.33. The Kier molecular flexibility index (Phi) is 4.40. The molecule has 0 aromatic heterocycles. The smallest absolute Gasteiger partial charge is 0.146 e. The lowest BCUT2D eigenvalue weighted by Gasteiger charge is -2.25. The molecule has 0 bridgehead atoms. The zero-order chi connectivity index (χ0) is 12.3. The van der Waals surface area contributed by atoms with E-state index >= 15 is 0 Å². The van der Waals surface area contributed by atoms with E-state index in [0.29, 0.717) is 11.6 Å². The van der Waals surface area contributed by atoms with Crippen LogP contribution >= 0.6 is 15.9 Å². The molecule has 4 heteroatoms. The second kappa shape index (κ2) is 5.83. The van der Waals surface area contributed by atoms with E-state index in [2.05, 4.69) is 21.2 Å². The van der Waals surface area contributed by atoms with Gasteiger partial charge in [0.2, 0.25) is 0 Å². The van der Waals surface area contributed by atoms with Gasteiger partial charge in [-0.25, -0.2) is 4.39 Å². The maximum atomic E-state index is 13.5. The second-order valence-corrected chi connectivity index (χ2v) is 5.60. The molecule has 1 aromatic carbocycles. The van der Waals surface area contributed by atoms with Crippen LogP contribution in [0.3, 0.4) is 0 Å². The van der Waals surface area contributed by atoms with E-state index in [1.165, 1.54) is 6.07 Å². The standard InChI is InChI=1S/C13H17BrFNO/c14-10-3-6-12(15)13(7-10)16-8-9-1-4-11(17)5-2-9/h3,6-7,9,11,16-17H,1-2,4-5,8H2. The van der Waals surface area contributed by atoms with E-state index in [0.717, 1.165) is 36.7 Å². The summed E-state index contributed by atoms with van der Waals surface area (Å²) in [4.78, 5) is 0. The molecule has 0 amide bonds. The average Bonchev–Trinajstić information content (AvgIpc) is 2.32. The van der Waals surface area contributed by atoms with Gasteiger partial charge in [-0.15, -0.1) is 0 Å². The van der Waals surface area contributed by atoms with Crippen molar-refractivity contribution in [2.75, 3.05) is 11.9 Å². The van der Waals surface area contributed by atoms with Crippen molar-refractivity contribution in [3.05, 3.63) is 28.5 Å². The van der Waals surface area contributed by atoms with Crippen LogP contribution in [0.5, 0.6) is 0 Å². The fourth-order valence-corrected chi connectivity index (χ4v) is 2.60. The Morgan fingerprint density at radius 2 is 2.00 bits per heavy atom. The van der Waals surface area contributed by atoms with E-state index in [4.69, 9.17) is 0 Å². The van der Waals surface area contributed by atoms with E-state index < -0.39 is 0 Å². The summed E-state index contributed by atoms with van der Waals surface area (Å²) in [5, 5.41) is 12.6. The number of halogens is 2. The predicted octanol–water partition coefficient (Wildman–Crippen LogP) is 3.55. The number of aliphatic hydroxyl groups is 1. The first-order valence-electron chi connectivity index (χ1n) is 6.02. The topological polar surface area (TPSA) is 32.3 Å². The molecule has 94 valence electrons. The van der Waals surface area contributed by atoms with Gasteiger partial charge in [0.05, 0.1) is 11.8 Å². The molecule has 1 aliphatic carbocycles. The molecule has 2 nitrogen and oxygen atoms in total. The van der Waals surface area contributed by atoms with Gasteiger partial charge in [0.1, 0.15) is 5.82 Å². The molecule has 0 aliphatic heterocycles. The second-order valence-electron chi connectivity index (χ2n) is 4.68. The Morgan fingerprint density at radius 1 is 1.29 bits per heavy atom. The van der Waals surface area contributed by atoms with Crippen LogP contribution in [-0.4, -0.2) is 17.8 Å². The lowest BCUT2D eigenvalue weighted by Crippen LogP contribution is -2.23. The van der Waals surface area contributed by atoms with Gasteiger partial charge < -0.3 is 10.4 Å². The molecule has 0 atom stereocenters. The fourth-order valence-electron chi connectivity index (χ4n) is 2.24. The molecule has 1 aromatic rings. The summed E-state index contributed by atoms with van der Waals surface area (Å²) < 4.78 is 14.3. The first-order valence-corrected chi connectivity index (χ1v) is 6.81. The summed E-state index contributed by atoms with van der Waals surface area (Å²) in [6.45, 7) is 0.778.